The van der Waals surface area contributed by atoms with Crippen molar-refractivity contribution in [1.29, 1.82) is 0 Å². The van der Waals surface area contributed by atoms with Gasteiger partial charge in [-0.15, -0.1) is 0 Å². The van der Waals surface area contributed by atoms with Crippen LogP contribution in [0.5, 0.6) is 0 Å². The van der Waals surface area contributed by atoms with Crippen molar-refractivity contribution in [3.05, 3.63) is 11.6 Å². The van der Waals surface area contributed by atoms with Gasteiger partial charge in [-0.05, 0) is 33.3 Å². The summed E-state index contributed by atoms with van der Waals surface area (Å²) in [4.78, 5) is 0. The number of rotatable bonds is 0. The second-order valence-corrected chi connectivity index (χ2v) is 2.94. The Morgan fingerprint density at radius 1 is 1.50 bits per heavy atom. The molecule has 0 fully saturated rings. The Morgan fingerprint density at radius 2 is 2.00 bits per heavy atom. The highest BCUT2D eigenvalue weighted by Gasteiger charge is 2.02. The molecule has 0 amide bonds. The van der Waals surface area contributed by atoms with Gasteiger partial charge in [0.2, 0.25) is 0 Å². The van der Waals surface area contributed by atoms with E-state index in [9.17, 15) is 0 Å². The van der Waals surface area contributed by atoms with E-state index in [0.717, 1.165) is 5.57 Å². The van der Waals surface area contributed by atoms with Gasteiger partial charge in [-0.2, -0.15) is 0 Å². The molecule has 1 heteroatoms. The molecule has 0 atom stereocenters. The van der Waals surface area contributed by atoms with Crippen molar-refractivity contribution < 1.29 is 0 Å². The normalized spacial score (nSPS) is 12.3. The highest BCUT2D eigenvalue weighted by Crippen LogP contribution is 1.94. The number of nitrogens with two attached hydrogens (primary N) is 1. The van der Waals surface area contributed by atoms with E-state index >= 15 is 0 Å². The monoisotopic (exact) mass is 137 g/mol. The lowest BCUT2D eigenvalue weighted by molar-refractivity contribution is 0.680. The molecule has 0 unspecified atom stereocenters. The smallest absolute Gasteiger partial charge is 0.0722 e. The highest BCUT2D eigenvalue weighted by molar-refractivity contribution is 5.29. The van der Waals surface area contributed by atoms with E-state index in [-0.39, 0.29) is 5.54 Å². The topological polar surface area (TPSA) is 26.0 Å². The summed E-state index contributed by atoms with van der Waals surface area (Å²) in [5.41, 5.74) is 6.33. The van der Waals surface area contributed by atoms with Crippen molar-refractivity contribution >= 4 is 0 Å². The standard InChI is InChI=1S/C9H15N/c1-5-8(2)6-7-9(3,4)10/h5H,10H2,1-4H3. The van der Waals surface area contributed by atoms with E-state index in [4.69, 9.17) is 5.73 Å². The molecule has 0 heterocycles. The number of hydrogen-bond donors (Lipinski definition) is 1. The van der Waals surface area contributed by atoms with Crippen molar-refractivity contribution in [2.45, 2.75) is 33.2 Å². The maximum atomic E-state index is 5.64. The van der Waals surface area contributed by atoms with Gasteiger partial charge >= 0.3 is 0 Å². The lowest BCUT2D eigenvalue weighted by atomic mass is 10.1. The van der Waals surface area contributed by atoms with Crippen molar-refractivity contribution in [1.82, 2.24) is 0 Å². The molecule has 0 aromatic heterocycles. The van der Waals surface area contributed by atoms with Gasteiger partial charge < -0.3 is 5.73 Å². The molecule has 0 aliphatic heterocycles. The minimum atomic E-state index is -0.371. The van der Waals surface area contributed by atoms with Crippen molar-refractivity contribution in [2.24, 2.45) is 5.73 Å². The lowest BCUT2D eigenvalue weighted by Crippen LogP contribution is -2.29. The van der Waals surface area contributed by atoms with Crippen LogP contribution in [0.1, 0.15) is 27.7 Å². The first-order valence-corrected chi connectivity index (χ1v) is 3.40. The van der Waals surface area contributed by atoms with E-state index in [2.05, 4.69) is 11.8 Å². The first kappa shape index (κ1) is 9.26. The second kappa shape index (κ2) is 3.43. The van der Waals surface area contributed by atoms with Gasteiger partial charge in [0.15, 0.2) is 0 Å². The molecule has 2 N–H and O–H groups in total. The lowest BCUT2D eigenvalue weighted by Gasteiger charge is -2.07. The molecule has 0 radical (unpaired) electrons. The molecule has 0 bridgehead atoms. The van der Waals surface area contributed by atoms with E-state index < -0.39 is 0 Å². The maximum Gasteiger partial charge on any atom is 0.0722 e. The Kier molecular flexibility index (Phi) is 3.18. The molecule has 56 valence electrons. The summed E-state index contributed by atoms with van der Waals surface area (Å²) in [6.07, 6.45) is 1.97. The van der Waals surface area contributed by atoms with Gasteiger partial charge in [-0.25, -0.2) is 0 Å². The van der Waals surface area contributed by atoms with Crippen LogP contribution in [0.3, 0.4) is 0 Å². The minimum Gasteiger partial charge on any atom is -0.316 e. The summed E-state index contributed by atoms with van der Waals surface area (Å²) in [7, 11) is 0. The van der Waals surface area contributed by atoms with Gasteiger partial charge in [0, 0.05) is 0 Å². The average molecular weight is 137 g/mol. The van der Waals surface area contributed by atoms with Crippen LogP contribution < -0.4 is 5.73 Å². The van der Waals surface area contributed by atoms with E-state index in [1.807, 2.05) is 33.8 Å². The van der Waals surface area contributed by atoms with Gasteiger partial charge in [0.05, 0.1) is 5.54 Å². The fourth-order valence-corrected chi connectivity index (χ4v) is 0.332. The Morgan fingerprint density at radius 3 is 2.30 bits per heavy atom. The molecule has 0 aliphatic rings. The quantitative estimate of drug-likeness (QED) is 0.505. The predicted molar refractivity (Wildman–Crippen MR) is 45.5 cm³/mol. The van der Waals surface area contributed by atoms with E-state index in [1.54, 1.807) is 0 Å². The van der Waals surface area contributed by atoms with Crippen molar-refractivity contribution in [2.75, 3.05) is 0 Å². The third kappa shape index (κ3) is 5.40. The summed E-state index contributed by atoms with van der Waals surface area (Å²) in [5, 5.41) is 0. The van der Waals surface area contributed by atoms with Crippen LogP contribution in [0.2, 0.25) is 0 Å². The first-order valence-electron chi connectivity index (χ1n) is 3.40. The van der Waals surface area contributed by atoms with Gasteiger partial charge in [-0.1, -0.05) is 17.9 Å². The molecule has 1 nitrogen and oxygen atoms in total. The van der Waals surface area contributed by atoms with Crippen LogP contribution >= 0.6 is 0 Å². The molecule has 0 saturated heterocycles. The largest absolute Gasteiger partial charge is 0.316 e. The maximum absolute atomic E-state index is 5.64. The van der Waals surface area contributed by atoms with Crippen LogP contribution in [-0.4, -0.2) is 5.54 Å². The summed E-state index contributed by atoms with van der Waals surface area (Å²) in [5.74, 6) is 5.89. The van der Waals surface area contributed by atoms with Gasteiger partial charge in [0.1, 0.15) is 0 Å². The molecule has 0 saturated carbocycles. The molecule has 0 aromatic carbocycles. The van der Waals surface area contributed by atoms with Crippen LogP contribution in [0, 0.1) is 11.8 Å². The fraction of sp³-hybridized carbons (Fsp3) is 0.556. The number of allylic oxidation sites excluding steroid dienone is 2. The summed E-state index contributed by atoms with van der Waals surface area (Å²) < 4.78 is 0. The SMILES string of the molecule is CC=C(C)C#CC(C)(C)N. The van der Waals surface area contributed by atoms with Gasteiger partial charge in [0.25, 0.3) is 0 Å². The summed E-state index contributed by atoms with van der Waals surface area (Å²) in [6.45, 7) is 7.72. The number of hydrogen-bond acceptors (Lipinski definition) is 1. The van der Waals surface area contributed by atoms with Crippen LogP contribution in [0.4, 0.5) is 0 Å². The van der Waals surface area contributed by atoms with E-state index in [1.165, 1.54) is 0 Å². The zero-order valence-electron chi connectivity index (χ0n) is 7.15. The van der Waals surface area contributed by atoms with Gasteiger partial charge in [-0.3, -0.25) is 0 Å². The fourth-order valence-electron chi connectivity index (χ4n) is 0.332. The Hall–Kier alpha value is -0.740. The van der Waals surface area contributed by atoms with Crippen molar-refractivity contribution in [3.63, 3.8) is 0 Å². The average Bonchev–Trinajstić information content (AvgIpc) is 1.81. The molecule has 0 aliphatic carbocycles. The third-order valence-corrected chi connectivity index (χ3v) is 1.01. The highest BCUT2D eigenvalue weighted by atomic mass is 14.7. The van der Waals surface area contributed by atoms with Crippen molar-refractivity contribution in [3.8, 4) is 11.8 Å². The van der Waals surface area contributed by atoms with E-state index in [0.29, 0.717) is 0 Å². The molecule has 0 spiro atoms. The summed E-state index contributed by atoms with van der Waals surface area (Å²) >= 11 is 0. The second-order valence-electron chi connectivity index (χ2n) is 2.94. The predicted octanol–water partition coefficient (Wildman–Crippen LogP) is 1.69. The summed E-state index contributed by atoms with van der Waals surface area (Å²) in [6, 6.07) is 0. The molecular weight excluding hydrogens is 122 g/mol. The van der Waals surface area contributed by atoms with Crippen LogP contribution in [0.15, 0.2) is 11.6 Å². The molecule has 10 heavy (non-hydrogen) atoms. The van der Waals surface area contributed by atoms with Crippen LogP contribution in [-0.2, 0) is 0 Å². The van der Waals surface area contributed by atoms with Crippen LogP contribution in [0.25, 0.3) is 0 Å². The molecule has 0 aromatic rings. The molecule has 0 rings (SSSR count). The zero-order chi connectivity index (χ0) is 8.20. The Balaban J connectivity index is 4.19. The first-order chi connectivity index (χ1) is 4.45. The Labute approximate surface area is 63.3 Å². The Bertz CT molecular complexity index is 183. The molecular formula is C9H15N. The zero-order valence-corrected chi connectivity index (χ0v) is 7.15. The third-order valence-electron chi connectivity index (χ3n) is 1.01. The minimum absolute atomic E-state index is 0.371.